The monoisotopic (exact) mass is 283 g/mol. The van der Waals surface area contributed by atoms with Gasteiger partial charge in [0.15, 0.2) is 0 Å². The van der Waals surface area contributed by atoms with Crippen LogP contribution in [0.15, 0.2) is 60.7 Å². The summed E-state index contributed by atoms with van der Waals surface area (Å²) in [5.74, 6) is 0. The van der Waals surface area contributed by atoms with Gasteiger partial charge >= 0.3 is 6.03 Å². The van der Waals surface area contributed by atoms with Crippen LogP contribution >= 0.6 is 0 Å². The van der Waals surface area contributed by atoms with Crippen molar-refractivity contribution in [2.75, 3.05) is 26.0 Å². The first-order chi connectivity index (χ1) is 10.2. The van der Waals surface area contributed by atoms with E-state index in [-0.39, 0.29) is 12.1 Å². The normalized spacial score (nSPS) is 12.0. The Labute approximate surface area is 125 Å². The second-order valence-corrected chi connectivity index (χ2v) is 5.09. The third kappa shape index (κ3) is 4.61. The first-order valence-corrected chi connectivity index (χ1v) is 6.98. The zero-order chi connectivity index (χ0) is 15.1. The van der Waals surface area contributed by atoms with Crippen LogP contribution in [-0.2, 0) is 0 Å². The molecular formula is C17H21N3O. The van der Waals surface area contributed by atoms with Crippen molar-refractivity contribution >= 4 is 11.7 Å². The minimum absolute atomic E-state index is 0.146. The summed E-state index contributed by atoms with van der Waals surface area (Å²) in [4.78, 5) is 14.0. The van der Waals surface area contributed by atoms with E-state index in [9.17, 15) is 4.79 Å². The molecule has 0 saturated carbocycles. The molecule has 4 nitrogen and oxygen atoms in total. The van der Waals surface area contributed by atoms with Crippen LogP contribution in [0.25, 0.3) is 0 Å². The quantitative estimate of drug-likeness (QED) is 0.885. The number of benzene rings is 2. The van der Waals surface area contributed by atoms with Crippen molar-refractivity contribution in [2.45, 2.75) is 6.04 Å². The molecule has 2 aromatic rings. The van der Waals surface area contributed by atoms with Gasteiger partial charge in [0.2, 0.25) is 0 Å². The summed E-state index contributed by atoms with van der Waals surface area (Å²) in [7, 11) is 4.02. The predicted octanol–water partition coefficient (Wildman–Crippen LogP) is 3.11. The molecule has 1 unspecified atom stereocenters. The van der Waals surface area contributed by atoms with Gasteiger partial charge in [-0.2, -0.15) is 0 Å². The lowest BCUT2D eigenvalue weighted by molar-refractivity contribution is 0.243. The molecule has 2 aromatic carbocycles. The molecule has 2 rings (SSSR count). The van der Waals surface area contributed by atoms with E-state index in [0.717, 1.165) is 5.69 Å². The Balaban J connectivity index is 1.92. The topological polar surface area (TPSA) is 44.4 Å². The van der Waals surface area contributed by atoms with Crippen molar-refractivity contribution in [2.24, 2.45) is 0 Å². The molecule has 2 amide bonds. The molecule has 0 radical (unpaired) electrons. The molecule has 0 saturated heterocycles. The van der Waals surface area contributed by atoms with Gasteiger partial charge in [0.1, 0.15) is 0 Å². The second kappa shape index (κ2) is 7.45. The predicted molar refractivity (Wildman–Crippen MR) is 86.3 cm³/mol. The van der Waals surface area contributed by atoms with Crippen LogP contribution in [0, 0.1) is 0 Å². The van der Waals surface area contributed by atoms with E-state index in [2.05, 4.69) is 27.7 Å². The Morgan fingerprint density at radius 3 is 2.14 bits per heavy atom. The fourth-order valence-electron chi connectivity index (χ4n) is 2.16. The van der Waals surface area contributed by atoms with E-state index >= 15 is 0 Å². The molecule has 0 heterocycles. The largest absolute Gasteiger partial charge is 0.336 e. The number of likely N-dealkylation sites (N-methyl/N-ethyl adjacent to an activating group) is 1. The van der Waals surface area contributed by atoms with Crippen LogP contribution < -0.4 is 10.6 Å². The fraction of sp³-hybridized carbons (Fsp3) is 0.235. The number of para-hydroxylation sites is 1. The highest BCUT2D eigenvalue weighted by Gasteiger charge is 2.14. The Morgan fingerprint density at radius 1 is 1.00 bits per heavy atom. The van der Waals surface area contributed by atoms with Crippen molar-refractivity contribution in [3.8, 4) is 0 Å². The lowest BCUT2D eigenvalue weighted by atomic mass is 10.1. The number of rotatable bonds is 5. The van der Waals surface area contributed by atoms with Gasteiger partial charge in [-0.3, -0.25) is 0 Å². The van der Waals surface area contributed by atoms with E-state index < -0.39 is 0 Å². The molecule has 21 heavy (non-hydrogen) atoms. The molecule has 0 spiro atoms. The van der Waals surface area contributed by atoms with Gasteiger partial charge in [-0.1, -0.05) is 48.5 Å². The molecule has 110 valence electrons. The van der Waals surface area contributed by atoms with Gasteiger partial charge in [-0.05, 0) is 31.8 Å². The molecule has 0 bridgehead atoms. The van der Waals surface area contributed by atoms with Crippen molar-refractivity contribution in [1.29, 1.82) is 0 Å². The maximum Gasteiger partial charge on any atom is 0.319 e. The summed E-state index contributed by atoms with van der Waals surface area (Å²) in [6, 6.07) is 19.5. The minimum atomic E-state index is -0.191. The number of amides is 2. The van der Waals surface area contributed by atoms with Gasteiger partial charge in [0.25, 0.3) is 0 Å². The Morgan fingerprint density at radius 2 is 1.57 bits per heavy atom. The van der Waals surface area contributed by atoms with Crippen LogP contribution in [0.3, 0.4) is 0 Å². The SMILES string of the molecule is CN(C)C(CNC(=O)Nc1ccccc1)c1ccccc1. The van der Waals surface area contributed by atoms with Gasteiger partial charge < -0.3 is 15.5 Å². The maximum atomic E-state index is 11.9. The molecule has 2 N–H and O–H groups in total. The van der Waals surface area contributed by atoms with Gasteiger partial charge in [0.05, 0.1) is 6.04 Å². The zero-order valence-electron chi connectivity index (χ0n) is 12.4. The zero-order valence-corrected chi connectivity index (χ0v) is 12.4. The first kappa shape index (κ1) is 15.1. The van der Waals surface area contributed by atoms with Gasteiger partial charge in [0, 0.05) is 12.2 Å². The summed E-state index contributed by atoms with van der Waals surface area (Å²) in [6.45, 7) is 0.551. The van der Waals surface area contributed by atoms with Crippen molar-refractivity contribution < 1.29 is 4.79 Å². The Hall–Kier alpha value is -2.33. The molecule has 1 atom stereocenters. The molecule has 0 fully saturated rings. The maximum absolute atomic E-state index is 11.9. The smallest absolute Gasteiger partial charge is 0.319 e. The van der Waals surface area contributed by atoms with E-state index in [1.165, 1.54) is 5.56 Å². The summed E-state index contributed by atoms with van der Waals surface area (Å²) in [5.41, 5.74) is 1.97. The average molecular weight is 283 g/mol. The van der Waals surface area contributed by atoms with E-state index in [4.69, 9.17) is 0 Å². The third-order valence-electron chi connectivity index (χ3n) is 3.30. The summed E-state index contributed by atoms with van der Waals surface area (Å²) >= 11 is 0. The fourth-order valence-corrected chi connectivity index (χ4v) is 2.16. The number of urea groups is 1. The number of carbonyl (C=O) groups excluding carboxylic acids is 1. The molecular weight excluding hydrogens is 262 g/mol. The van der Waals surface area contributed by atoms with Gasteiger partial charge in [-0.15, -0.1) is 0 Å². The average Bonchev–Trinajstić information content (AvgIpc) is 2.49. The highest BCUT2D eigenvalue weighted by atomic mass is 16.2. The number of hydrogen-bond donors (Lipinski definition) is 2. The van der Waals surface area contributed by atoms with Crippen molar-refractivity contribution in [1.82, 2.24) is 10.2 Å². The first-order valence-electron chi connectivity index (χ1n) is 6.98. The van der Waals surface area contributed by atoms with Crippen LogP contribution in [0.4, 0.5) is 10.5 Å². The number of nitrogens with one attached hydrogen (secondary N) is 2. The number of nitrogens with zero attached hydrogens (tertiary/aromatic N) is 1. The highest BCUT2D eigenvalue weighted by molar-refractivity contribution is 5.89. The van der Waals surface area contributed by atoms with Crippen LogP contribution in [0.2, 0.25) is 0 Å². The summed E-state index contributed by atoms with van der Waals surface area (Å²) in [5, 5.41) is 5.74. The van der Waals surface area contributed by atoms with E-state index in [1.54, 1.807) is 0 Å². The van der Waals surface area contributed by atoms with E-state index in [1.807, 2.05) is 62.6 Å². The molecule has 0 aromatic heterocycles. The van der Waals surface area contributed by atoms with Crippen LogP contribution in [0.5, 0.6) is 0 Å². The highest BCUT2D eigenvalue weighted by Crippen LogP contribution is 2.16. The van der Waals surface area contributed by atoms with Crippen molar-refractivity contribution in [3.63, 3.8) is 0 Å². The van der Waals surface area contributed by atoms with Gasteiger partial charge in [-0.25, -0.2) is 4.79 Å². The third-order valence-corrected chi connectivity index (χ3v) is 3.30. The number of hydrogen-bond acceptors (Lipinski definition) is 2. The lowest BCUT2D eigenvalue weighted by Gasteiger charge is -2.25. The van der Waals surface area contributed by atoms with Crippen LogP contribution in [-0.4, -0.2) is 31.6 Å². The van der Waals surface area contributed by atoms with Crippen LogP contribution in [0.1, 0.15) is 11.6 Å². The summed E-state index contributed by atoms with van der Waals surface area (Å²) in [6.07, 6.45) is 0. The molecule has 0 aliphatic carbocycles. The standard InChI is InChI=1S/C17H21N3O/c1-20(2)16(14-9-5-3-6-10-14)13-18-17(21)19-15-11-7-4-8-12-15/h3-12,16H,13H2,1-2H3,(H2,18,19,21). The Kier molecular flexibility index (Phi) is 5.35. The lowest BCUT2D eigenvalue weighted by Crippen LogP contribution is -2.36. The second-order valence-electron chi connectivity index (χ2n) is 5.09. The van der Waals surface area contributed by atoms with Crippen molar-refractivity contribution in [3.05, 3.63) is 66.2 Å². The molecule has 0 aliphatic rings. The number of carbonyl (C=O) groups is 1. The Bertz CT molecular complexity index is 555. The van der Waals surface area contributed by atoms with E-state index in [0.29, 0.717) is 6.54 Å². The summed E-state index contributed by atoms with van der Waals surface area (Å²) < 4.78 is 0. The minimum Gasteiger partial charge on any atom is -0.336 e. The molecule has 4 heteroatoms. The number of anilines is 1. The molecule has 0 aliphatic heterocycles.